The van der Waals surface area contributed by atoms with Crippen LogP contribution in [0.2, 0.25) is 0 Å². The maximum absolute atomic E-state index is 10.7. The van der Waals surface area contributed by atoms with E-state index in [0.717, 1.165) is 18.4 Å². The molecular formula is C9H13NO2. The van der Waals surface area contributed by atoms with Gasteiger partial charge in [0.15, 0.2) is 0 Å². The van der Waals surface area contributed by atoms with Crippen LogP contribution in [0.4, 0.5) is 0 Å². The number of aliphatic carboxylic acids is 1. The van der Waals surface area contributed by atoms with Crippen molar-refractivity contribution in [1.29, 1.82) is 0 Å². The molecule has 12 heavy (non-hydrogen) atoms. The molecule has 1 rings (SSSR count). The topological polar surface area (TPSA) is 63.3 Å². The summed E-state index contributed by atoms with van der Waals surface area (Å²) in [6.07, 6.45) is 7.53. The van der Waals surface area contributed by atoms with Crippen LogP contribution < -0.4 is 5.73 Å². The van der Waals surface area contributed by atoms with Gasteiger partial charge in [0.2, 0.25) is 0 Å². The maximum atomic E-state index is 10.7. The summed E-state index contributed by atoms with van der Waals surface area (Å²) in [5, 5.41) is 8.78. The lowest BCUT2D eigenvalue weighted by Crippen LogP contribution is -2.25. The fraction of sp³-hybridized carbons (Fsp3) is 0.444. The van der Waals surface area contributed by atoms with E-state index in [4.69, 9.17) is 10.8 Å². The van der Waals surface area contributed by atoms with Gasteiger partial charge in [0.25, 0.3) is 0 Å². The van der Waals surface area contributed by atoms with Gasteiger partial charge in [-0.15, -0.1) is 0 Å². The van der Waals surface area contributed by atoms with E-state index in [1.54, 1.807) is 0 Å². The number of carboxylic acid groups (broad SMARTS) is 1. The summed E-state index contributed by atoms with van der Waals surface area (Å²) in [4.78, 5) is 10.7. The Labute approximate surface area is 71.6 Å². The highest BCUT2D eigenvalue weighted by molar-refractivity contribution is 5.74. The summed E-state index contributed by atoms with van der Waals surface area (Å²) in [6.45, 7) is 0.189. The highest BCUT2D eigenvalue weighted by Gasteiger charge is 2.19. The van der Waals surface area contributed by atoms with E-state index in [1.165, 1.54) is 0 Å². The molecule has 1 unspecified atom stereocenters. The Balaban J connectivity index is 2.65. The molecule has 1 aliphatic rings. The first-order valence-corrected chi connectivity index (χ1v) is 4.02. The van der Waals surface area contributed by atoms with Gasteiger partial charge in [0, 0.05) is 6.54 Å². The van der Waals surface area contributed by atoms with E-state index in [9.17, 15) is 4.79 Å². The number of nitrogens with two attached hydrogens (primary N) is 1. The van der Waals surface area contributed by atoms with Crippen molar-refractivity contribution in [2.24, 2.45) is 11.7 Å². The molecule has 3 N–H and O–H groups in total. The molecule has 0 spiro atoms. The minimum atomic E-state index is -0.820. The predicted octanol–water partition coefficient (Wildman–Crippen LogP) is 0.922. The third-order valence-corrected chi connectivity index (χ3v) is 2.02. The minimum absolute atomic E-state index is 0.189. The second-order valence-corrected chi connectivity index (χ2v) is 2.82. The van der Waals surface area contributed by atoms with Crippen molar-refractivity contribution in [3.05, 3.63) is 23.8 Å². The van der Waals surface area contributed by atoms with E-state index < -0.39 is 11.9 Å². The number of hydrogen-bond acceptors (Lipinski definition) is 2. The van der Waals surface area contributed by atoms with E-state index >= 15 is 0 Å². The molecule has 3 nitrogen and oxygen atoms in total. The van der Waals surface area contributed by atoms with Crippen molar-refractivity contribution < 1.29 is 9.90 Å². The van der Waals surface area contributed by atoms with Gasteiger partial charge in [0.05, 0.1) is 5.92 Å². The molecule has 0 aliphatic heterocycles. The van der Waals surface area contributed by atoms with Crippen LogP contribution in [-0.2, 0) is 4.79 Å². The lowest BCUT2D eigenvalue weighted by atomic mass is 9.93. The molecule has 0 aromatic heterocycles. The van der Waals surface area contributed by atoms with Crippen LogP contribution in [0.25, 0.3) is 0 Å². The lowest BCUT2D eigenvalue weighted by molar-refractivity contribution is -0.140. The Morgan fingerprint density at radius 1 is 1.67 bits per heavy atom. The Kier molecular flexibility index (Phi) is 3.05. The Bertz CT molecular complexity index is 231. The van der Waals surface area contributed by atoms with Gasteiger partial charge in [-0.25, -0.2) is 0 Å². The molecule has 0 fully saturated rings. The van der Waals surface area contributed by atoms with E-state index in [1.807, 2.05) is 18.2 Å². The number of allylic oxidation sites excluding steroid dienone is 3. The Hall–Kier alpha value is -1.09. The van der Waals surface area contributed by atoms with E-state index in [-0.39, 0.29) is 6.54 Å². The zero-order valence-electron chi connectivity index (χ0n) is 6.86. The van der Waals surface area contributed by atoms with E-state index in [2.05, 4.69) is 0 Å². The van der Waals surface area contributed by atoms with Crippen LogP contribution in [-0.4, -0.2) is 17.6 Å². The molecule has 66 valence electrons. The average molecular weight is 167 g/mol. The molecule has 1 aliphatic carbocycles. The standard InChI is InChI=1S/C9H13NO2/c10-6-8(9(11)12)7-4-2-1-3-5-7/h1-2,5,8H,3-4,6,10H2,(H,11,12). The molecule has 0 bridgehead atoms. The van der Waals surface area contributed by atoms with Crippen molar-refractivity contribution >= 4 is 5.97 Å². The number of carbonyl (C=O) groups is 1. The third-order valence-electron chi connectivity index (χ3n) is 2.02. The normalized spacial score (nSPS) is 18.6. The quantitative estimate of drug-likeness (QED) is 0.614. The molecule has 0 saturated carbocycles. The molecule has 0 radical (unpaired) electrons. The zero-order chi connectivity index (χ0) is 8.97. The molecule has 0 aromatic carbocycles. The molecular weight excluding hydrogens is 154 g/mol. The minimum Gasteiger partial charge on any atom is -0.481 e. The van der Waals surface area contributed by atoms with Gasteiger partial charge in [-0.2, -0.15) is 0 Å². The second-order valence-electron chi connectivity index (χ2n) is 2.82. The first kappa shape index (κ1) is 9.00. The first-order valence-electron chi connectivity index (χ1n) is 4.02. The summed E-state index contributed by atoms with van der Waals surface area (Å²) < 4.78 is 0. The predicted molar refractivity (Wildman–Crippen MR) is 46.6 cm³/mol. The van der Waals surface area contributed by atoms with Crippen LogP contribution in [0, 0.1) is 5.92 Å². The summed E-state index contributed by atoms with van der Waals surface area (Å²) in [5.74, 6) is -1.31. The second kappa shape index (κ2) is 4.07. The van der Waals surface area contributed by atoms with Gasteiger partial charge in [-0.1, -0.05) is 23.8 Å². The summed E-state index contributed by atoms with van der Waals surface area (Å²) >= 11 is 0. The van der Waals surface area contributed by atoms with Crippen molar-refractivity contribution in [2.45, 2.75) is 12.8 Å². The third kappa shape index (κ3) is 1.95. The monoisotopic (exact) mass is 167 g/mol. The fourth-order valence-electron chi connectivity index (χ4n) is 1.31. The number of hydrogen-bond donors (Lipinski definition) is 2. The van der Waals surface area contributed by atoms with Crippen LogP contribution in [0.3, 0.4) is 0 Å². The SMILES string of the molecule is NCC(C(=O)O)C1=CCC=CC1. The zero-order valence-corrected chi connectivity index (χ0v) is 6.86. The van der Waals surface area contributed by atoms with Crippen LogP contribution in [0.15, 0.2) is 23.8 Å². The summed E-state index contributed by atoms with van der Waals surface area (Å²) in [6, 6.07) is 0. The molecule has 0 aromatic rings. The summed E-state index contributed by atoms with van der Waals surface area (Å²) in [7, 11) is 0. The van der Waals surface area contributed by atoms with E-state index in [0.29, 0.717) is 0 Å². The lowest BCUT2D eigenvalue weighted by Gasteiger charge is -2.14. The number of carboxylic acids is 1. The molecule has 3 heteroatoms. The van der Waals surface area contributed by atoms with Crippen molar-refractivity contribution in [1.82, 2.24) is 0 Å². The highest BCUT2D eigenvalue weighted by Crippen LogP contribution is 2.19. The average Bonchev–Trinajstić information content (AvgIpc) is 2.07. The van der Waals surface area contributed by atoms with Gasteiger partial charge >= 0.3 is 5.97 Å². The van der Waals surface area contributed by atoms with Crippen molar-refractivity contribution in [2.75, 3.05) is 6.54 Å². The van der Waals surface area contributed by atoms with Crippen molar-refractivity contribution in [3.63, 3.8) is 0 Å². The molecule has 0 heterocycles. The molecule has 0 saturated heterocycles. The first-order chi connectivity index (χ1) is 5.75. The van der Waals surface area contributed by atoms with Crippen LogP contribution in [0.5, 0.6) is 0 Å². The highest BCUT2D eigenvalue weighted by atomic mass is 16.4. The van der Waals surface area contributed by atoms with Gasteiger partial charge in [-0.3, -0.25) is 4.79 Å². The van der Waals surface area contributed by atoms with Gasteiger partial charge < -0.3 is 10.8 Å². The largest absolute Gasteiger partial charge is 0.481 e. The maximum Gasteiger partial charge on any atom is 0.311 e. The van der Waals surface area contributed by atoms with Crippen LogP contribution in [0.1, 0.15) is 12.8 Å². The van der Waals surface area contributed by atoms with Crippen molar-refractivity contribution in [3.8, 4) is 0 Å². The molecule has 0 amide bonds. The molecule has 1 atom stereocenters. The van der Waals surface area contributed by atoms with Gasteiger partial charge in [-0.05, 0) is 12.8 Å². The summed E-state index contributed by atoms with van der Waals surface area (Å²) in [5.41, 5.74) is 6.30. The Morgan fingerprint density at radius 2 is 2.42 bits per heavy atom. The number of rotatable bonds is 3. The fourth-order valence-corrected chi connectivity index (χ4v) is 1.31. The Morgan fingerprint density at radius 3 is 2.83 bits per heavy atom. The van der Waals surface area contributed by atoms with Crippen LogP contribution >= 0.6 is 0 Å². The van der Waals surface area contributed by atoms with Gasteiger partial charge in [0.1, 0.15) is 0 Å². The smallest absolute Gasteiger partial charge is 0.311 e.